The van der Waals surface area contributed by atoms with Crippen LogP contribution < -0.4 is 4.72 Å². The summed E-state index contributed by atoms with van der Waals surface area (Å²) >= 11 is 5.84. The predicted molar refractivity (Wildman–Crippen MR) is 63.1 cm³/mol. The largest absolute Gasteiger partial charge is 0.392 e. The van der Waals surface area contributed by atoms with Crippen molar-refractivity contribution >= 4 is 21.6 Å². The molecular weight excluding hydrogens is 250 g/mol. The van der Waals surface area contributed by atoms with Crippen molar-refractivity contribution in [2.75, 3.05) is 6.54 Å². The van der Waals surface area contributed by atoms with Gasteiger partial charge in [0, 0.05) is 11.6 Å². The van der Waals surface area contributed by atoms with Crippen LogP contribution in [0.2, 0.25) is 5.02 Å². The van der Waals surface area contributed by atoms with Crippen LogP contribution in [-0.2, 0) is 10.0 Å². The zero-order valence-electron chi connectivity index (χ0n) is 9.07. The molecule has 0 aliphatic rings. The molecular formula is C10H14ClNO3S. The summed E-state index contributed by atoms with van der Waals surface area (Å²) < 4.78 is 25.7. The van der Waals surface area contributed by atoms with Crippen LogP contribution in [0.5, 0.6) is 0 Å². The van der Waals surface area contributed by atoms with Gasteiger partial charge in [-0.25, -0.2) is 13.1 Å². The number of aryl methyl sites for hydroxylation is 1. The molecule has 0 radical (unpaired) electrons. The van der Waals surface area contributed by atoms with Crippen molar-refractivity contribution in [1.82, 2.24) is 4.72 Å². The molecule has 1 unspecified atom stereocenters. The van der Waals surface area contributed by atoms with E-state index in [2.05, 4.69) is 4.72 Å². The lowest BCUT2D eigenvalue weighted by Gasteiger charge is -2.09. The first-order valence-corrected chi connectivity index (χ1v) is 6.63. The number of hydrogen-bond acceptors (Lipinski definition) is 3. The summed E-state index contributed by atoms with van der Waals surface area (Å²) in [5, 5.41) is 9.41. The van der Waals surface area contributed by atoms with E-state index in [1.807, 2.05) is 0 Å². The maximum Gasteiger partial charge on any atom is 0.240 e. The molecule has 4 nitrogen and oxygen atoms in total. The minimum Gasteiger partial charge on any atom is -0.392 e. The zero-order valence-corrected chi connectivity index (χ0v) is 10.6. The quantitative estimate of drug-likeness (QED) is 0.861. The Bertz CT molecular complexity index is 471. The second kappa shape index (κ2) is 5.14. The van der Waals surface area contributed by atoms with Crippen LogP contribution in [0.25, 0.3) is 0 Å². The van der Waals surface area contributed by atoms with E-state index in [1.54, 1.807) is 13.0 Å². The van der Waals surface area contributed by atoms with Crippen LogP contribution in [0, 0.1) is 6.92 Å². The SMILES string of the molecule is Cc1ccc(S(=O)(=O)NCC(C)O)cc1Cl. The predicted octanol–water partition coefficient (Wildman–Crippen LogP) is 1.31. The van der Waals surface area contributed by atoms with Gasteiger partial charge in [-0.2, -0.15) is 0 Å². The van der Waals surface area contributed by atoms with Gasteiger partial charge in [-0.3, -0.25) is 0 Å². The van der Waals surface area contributed by atoms with Crippen molar-refractivity contribution in [3.63, 3.8) is 0 Å². The molecule has 0 saturated heterocycles. The molecule has 1 aromatic rings. The number of halogens is 1. The first kappa shape index (κ1) is 13.4. The molecule has 0 heterocycles. The molecule has 2 N–H and O–H groups in total. The summed E-state index contributed by atoms with van der Waals surface area (Å²) in [6.07, 6.45) is -0.726. The highest BCUT2D eigenvalue weighted by atomic mass is 35.5. The first-order chi connectivity index (χ1) is 7.33. The van der Waals surface area contributed by atoms with Crippen LogP contribution in [0.3, 0.4) is 0 Å². The molecule has 0 aliphatic heterocycles. The second-order valence-electron chi connectivity index (χ2n) is 3.61. The fraction of sp³-hybridized carbons (Fsp3) is 0.400. The number of rotatable bonds is 4. The van der Waals surface area contributed by atoms with Crippen LogP contribution in [-0.4, -0.2) is 26.2 Å². The van der Waals surface area contributed by atoms with Gasteiger partial charge in [-0.05, 0) is 31.5 Å². The van der Waals surface area contributed by atoms with E-state index in [4.69, 9.17) is 16.7 Å². The Balaban J connectivity index is 2.94. The minimum absolute atomic E-state index is 0.0200. The number of aliphatic hydroxyl groups excluding tert-OH is 1. The Morgan fingerprint density at radius 1 is 1.50 bits per heavy atom. The third-order valence-corrected chi connectivity index (χ3v) is 3.85. The lowest BCUT2D eigenvalue weighted by atomic mass is 10.2. The van der Waals surface area contributed by atoms with Gasteiger partial charge < -0.3 is 5.11 Å². The Kier molecular flexibility index (Phi) is 4.32. The highest BCUT2D eigenvalue weighted by molar-refractivity contribution is 7.89. The molecule has 0 spiro atoms. The monoisotopic (exact) mass is 263 g/mol. The summed E-state index contributed by atoms with van der Waals surface area (Å²) in [5.74, 6) is 0. The summed E-state index contributed by atoms with van der Waals surface area (Å²) in [6.45, 7) is 3.28. The molecule has 0 bridgehead atoms. The van der Waals surface area contributed by atoms with Gasteiger partial charge in [0.25, 0.3) is 0 Å². The van der Waals surface area contributed by atoms with Gasteiger partial charge in [-0.15, -0.1) is 0 Å². The standard InChI is InChI=1S/C10H14ClNO3S/c1-7-3-4-9(5-10(7)11)16(14,15)12-6-8(2)13/h3-5,8,12-13H,6H2,1-2H3. The zero-order chi connectivity index (χ0) is 12.3. The second-order valence-corrected chi connectivity index (χ2v) is 5.79. The van der Waals surface area contributed by atoms with Crippen LogP contribution in [0.4, 0.5) is 0 Å². The van der Waals surface area contributed by atoms with E-state index >= 15 is 0 Å². The van der Waals surface area contributed by atoms with Gasteiger partial charge in [0.05, 0.1) is 11.0 Å². The lowest BCUT2D eigenvalue weighted by molar-refractivity contribution is 0.198. The fourth-order valence-electron chi connectivity index (χ4n) is 1.05. The molecule has 0 fully saturated rings. The van der Waals surface area contributed by atoms with E-state index in [0.29, 0.717) is 5.02 Å². The number of hydrogen-bond donors (Lipinski definition) is 2. The number of benzene rings is 1. The molecule has 1 atom stereocenters. The van der Waals surface area contributed by atoms with Crippen LogP contribution >= 0.6 is 11.6 Å². The van der Waals surface area contributed by atoms with Crippen LogP contribution in [0.1, 0.15) is 12.5 Å². The van der Waals surface area contributed by atoms with E-state index < -0.39 is 16.1 Å². The van der Waals surface area contributed by atoms with Crippen molar-refractivity contribution in [2.24, 2.45) is 0 Å². The van der Waals surface area contributed by atoms with Gasteiger partial charge >= 0.3 is 0 Å². The molecule has 0 saturated carbocycles. The minimum atomic E-state index is -3.59. The average Bonchev–Trinajstić information content (AvgIpc) is 2.19. The van der Waals surface area contributed by atoms with Gasteiger partial charge in [-0.1, -0.05) is 17.7 Å². The van der Waals surface area contributed by atoms with E-state index in [0.717, 1.165) is 5.56 Å². The number of nitrogens with one attached hydrogen (secondary N) is 1. The van der Waals surface area contributed by atoms with Crippen molar-refractivity contribution < 1.29 is 13.5 Å². The van der Waals surface area contributed by atoms with Gasteiger partial charge in [0.1, 0.15) is 0 Å². The van der Waals surface area contributed by atoms with E-state index in [-0.39, 0.29) is 11.4 Å². The first-order valence-electron chi connectivity index (χ1n) is 4.77. The summed E-state index contributed by atoms with van der Waals surface area (Å²) in [5.41, 5.74) is 0.816. The Morgan fingerprint density at radius 3 is 2.62 bits per heavy atom. The lowest BCUT2D eigenvalue weighted by Crippen LogP contribution is -2.30. The topological polar surface area (TPSA) is 66.4 Å². The number of aliphatic hydroxyl groups is 1. The molecule has 90 valence electrons. The normalized spacial score (nSPS) is 13.8. The van der Waals surface area contributed by atoms with Gasteiger partial charge in [0.15, 0.2) is 0 Å². The molecule has 6 heteroatoms. The summed E-state index contributed by atoms with van der Waals surface area (Å²) in [4.78, 5) is 0.101. The Hall–Kier alpha value is -0.620. The fourth-order valence-corrected chi connectivity index (χ4v) is 2.45. The maximum atomic E-state index is 11.7. The smallest absolute Gasteiger partial charge is 0.240 e. The molecule has 1 aromatic carbocycles. The van der Waals surface area contributed by atoms with Gasteiger partial charge in [0.2, 0.25) is 10.0 Å². The van der Waals surface area contributed by atoms with E-state index in [1.165, 1.54) is 19.1 Å². The molecule has 16 heavy (non-hydrogen) atoms. The van der Waals surface area contributed by atoms with Crippen molar-refractivity contribution in [3.05, 3.63) is 28.8 Å². The molecule has 0 aliphatic carbocycles. The maximum absolute atomic E-state index is 11.7. The number of sulfonamides is 1. The summed E-state index contributed by atoms with van der Waals surface area (Å²) in [7, 11) is -3.59. The summed E-state index contributed by atoms with van der Waals surface area (Å²) in [6, 6.07) is 4.51. The highest BCUT2D eigenvalue weighted by Crippen LogP contribution is 2.19. The Morgan fingerprint density at radius 2 is 2.12 bits per heavy atom. The molecule has 0 amide bonds. The van der Waals surface area contributed by atoms with Crippen molar-refractivity contribution in [3.8, 4) is 0 Å². The third-order valence-electron chi connectivity index (χ3n) is 2.02. The van der Waals surface area contributed by atoms with Crippen molar-refractivity contribution in [1.29, 1.82) is 0 Å². The van der Waals surface area contributed by atoms with Crippen molar-refractivity contribution in [2.45, 2.75) is 24.8 Å². The third kappa shape index (κ3) is 3.45. The van der Waals surface area contributed by atoms with Crippen LogP contribution in [0.15, 0.2) is 23.1 Å². The highest BCUT2D eigenvalue weighted by Gasteiger charge is 2.15. The van der Waals surface area contributed by atoms with E-state index in [9.17, 15) is 8.42 Å². The molecule has 1 rings (SSSR count). The average molecular weight is 264 g/mol. The molecule has 0 aromatic heterocycles. The Labute approximate surface area is 100 Å².